The maximum atomic E-state index is 12.0. The molecule has 0 saturated carbocycles. The Kier molecular flexibility index (Phi) is 4.18. The fourth-order valence-corrected chi connectivity index (χ4v) is 2.75. The van der Waals surface area contributed by atoms with Crippen molar-refractivity contribution in [2.45, 2.75) is 32.3 Å². The fraction of sp³-hybridized carbons (Fsp3) is 0.500. The van der Waals surface area contributed by atoms with Crippen molar-refractivity contribution >= 4 is 17.7 Å². The smallest absolute Gasteiger partial charge is 0.414 e. The summed E-state index contributed by atoms with van der Waals surface area (Å²) in [6, 6.07) is 5.85. The zero-order valence-corrected chi connectivity index (χ0v) is 12.6. The first-order valence-corrected chi connectivity index (χ1v) is 7.62. The lowest BCUT2D eigenvalue weighted by Crippen LogP contribution is -2.33. The Hall–Kier alpha value is -2.24. The SMILES string of the molecule is CC(=O)NC[C@H]1CN(c2ccc3c(c2)OCCCC3)C(=O)O1. The number of nitrogens with zero attached hydrogens (tertiary/aromatic N) is 1. The lowest BCUT2D eigenvalue weighted by molar-refractivity contribution is -0.119. The van der Waals surface area contributed by atoms with Gasteiger partial charge in [0.05, 0.1) is 25.4 Å². The van der Waals surface area contributed by atoms with Crippen LogP contribution in [0.1, 0.15) is 25.3 Å². The molecule has 0 spiro atoms. The predicted molar refractivity (Wildman–Crippen MR) is 81.2 cm³/mol. The topological polar surface area (TPSA) is 67.9 Å². The Morgan fingerprint density at radius 1 is 1.41 bits per heavy atom. The lowest BCUT2D eigenvalue weighted by Gasteiger charge is -2.16. The molecule has 1 aromatic rings. The number of carbonyl (C=O) groups is 2. The van der Waals surface area contributed by atoms with Crippen molar-refractivity contribution in [3.8, 4) is 5.75 Å². The van der Waals surface area contributed by atoms with Crippen LogP contribution in [-0.4, -0.2) is 37.8 Å². The second-order valence-corrected chi connectivity index (χ2v) is 5.65. The third-order valence-corrected chi connectivity index (χ3v) is 3.91. The van der Waals surface area contributed by atoms with Gasteiger partial charge in [0.25, 0.3) is 0 Å². The van der Waals surface area contributed by atoms with E-state index in [-0.39, 0.29) is 18.1 Å². The molecule has 22 heavy (non-hydrogen) atoms. The van der Waals surface area contributed by atoms with E-state index in [0.29, 0.717) is 19.7 Å². The van der Waals surface area contributed by atoms with Crippen LogP contribution in [0.25, 0.3) is 0 Å². The standard InChI is InChI=1S/C16H20N2O4/c1-11(19)17-9-14-10-18(16(20)22-14)13-6-5-12-4-2-3-7-21-15(12)8-13/h5-6,8,14H,2-4,7,9-10H2,1H3,(H,17,19)/t14-/m0/s1. The molecule has 1 aromatic carbocycles. The molecule has 1 fully saturated rings. The fourth-order valence-electron chi connectivity index (χ4n) is 2.75. The average Bonchev–Trinajstić information content (AvgIpc) is 2.71. The highest BCUT2D eigenvalue weighted by atomic mass is 16.6. The van der Waals surface area contributed by atoms with Gasteiger partial charge in [0, 0.05) is 13.0 Å². The van der Waals surface area contributed by atoms with Crippen LogP contribution in [0.2, 0.25) is 0 Å². The molecule has 0 unspecified atom stereocenters. The maximum Gasteiger partial charge on any atom is 0.414 e. The number of nitrogens with one attached hydrogen (secondary N) is 1. The first-order chi connectivity index (χ1) is 10.6. The van der Waals surface area contributed by atoms with Crippen molar-refractivity contribution in [3.05, 3.63) is 23.8 Å². The number of fused-ring (bicyclic) bond motifs is 1. The van der Waals surface area contributed by atoms with Crippen LogP contribution in [0.5, 0.6) is 5.75 Å². The Bertz CT molecular complexity index is 588. The van der Waals surface area contributed by atoms with Gasteiger partial charge in [0.15, 0.2) is 0 Å². The molecule has 6 heteroatoms. The summed E-state index contributed by atoms with van der Waals surface area (Å²) in [5.41, 5.74) is 1.96. The van der Waals surface area contributed by atoms with Gasteiger partial charge in [-0.25, -0.2) is 4.79 Å². The second-order valence-electron chi connectivity index (χ2n) is 5.65. The summed E-state index contributed by atoms with van der Waals surface area (Å²) in [6.07, 6.45) is 2.47. The van der Waals surface area contributed by atoms with E-state index in [1.165, 1.54) is 12.5 Å². The number of cyclic esters (lactones) is 1. The minimum atomic E-state index is -0.385. The molecule has 2 amide bonds. The Labute approximate surface area is 129 Å². The van der Waals surface area contributed by atoms with Gasteiger partial charge in [-0.2, -0.15) is 0 Å². The van der Waals surface area contributed by atoms with E-state index in [2.05, 4.69) is 5.32 Å². The van der Waals surface area contributed by atoms with E-state index >= 15 is 0 Å². The minimum absolute atomic E-state index is 0.132. The molecule has 0 aromatic heterocycles. The van der Waals surface area contributed by atoms with Gasteiger partial charge in [0.1, 0.15) is 11.9 Å². The third kappa shape index (κ3) is 3.16. The molecule has 2 aliphatic rings. The second kappa shape index (κ2) is 6.25. The van der Waals surface area contributed by atoms with Gasteiger partial charge in [0.2, 0.25) is 5.91 Å². The number of aryl methyl sites for hydroxylation is 1. The zero-order valence-electron chi connectivity index (χ0n) is 12.6. The van der Waals surface area contributed by atoms with Crippen LogP contribution in [-0.2, 0) is 16.0 Å². The van der Waals surface area contributed by atoms with E-state index in [1.807, 2.05) is 18.2 Å². The van der Waals surface area contributed by atoms with E-state index in [0.717, 1.165) is 30.7 Å². The van der Waals surface area contributed by atoms with Gasteiger partial charge in [-0.3, -0.25) is 9.69 Å². The number of ether oxygens (including phenoxy) is 2. The Balaban J connectivity index is 1.72. The predicted octanol–water partition coefficient (Wildman–Crippen LogP) is 1.86. The number of rotatable bonds is 3. The quantitative estimate of drug-likeness (QED) is 0.925. The van der Waals surface area contributed by atoms with Crippen molar-refractivity contribution in [3.63, 3.8) is 0 Å². The monoisotopic (exact) mass is 304 g/mol. The number of hydrogen-bond acceptors (Lipinski definition) is 4. The number of hydrogen-bond donors (Lipinski definition) is 1. The molecule has 2 aliphatic heterocycles. The van der Waals surface area contributed by atoms with Crippen LogP contribution >= 0.6 is 0 Å². The van der Waals surface area contributed by atoms with Crippen LogP contribution in [0.4, 0.5) is 10.5 Å². The molecule has 0 bridgehead atoms. The number of anilines is 1. The largest absolute Gasteiger partial charge is 0.493 e. The highest BCUT2D eigenvalue weighted by molar-refractivity contribution is 5.90. The van der Waals surface area contributed by atoms with Gasteiger partial charge >= 0.3 is 6.09 Å². The van der Waals surface area contributed by atoms with E-state index in [4.69, 9.17) is 9.47 Å². The summed E-state index contributed by atoms with van der Waals surface area (Å²) < 4.78 is 11.0. The van der Waals surface area contributed by atoms with Gasteiger partial charge in [-0.1, -0.05) is 6.07 Å². The average molecular weight is 304 g/mol. The lowest BCUT2D eigenvalue weighted by atomic mass is 10.1. The number of carbonyl (C=O) groups excluding carboxylic acids is 2. The highest BCUT2D eigenvalue weighted by Crippen LogP contribution is 2.31. The number of benzene rings is 1. The Morgan fingerprint density at radius 3 is 3.09 bits per heavy atom. The van der Waals surface area contributed by atoms with Crippen LogP contribution < -0.4 is 15.0 Å². The number of amides is 2. The summed E-state index contributed by atoms with van der Waals surface area (Å²) in [6.45, 7) is 2.92. The summed E-state index contributed by atoms with van der Waals surface area (Å²) in [5.74, 6) is 0.723. The minimum Gasteiger partial charge on any atom is -0.493 e. The van der Waals surface area contributed by atoms with E-state index in [9.17, 15) is 9.59 Å². The van der Waals surface area contributed by atoms with E-state index < -0.39 is 0 Å². The Morgan fingerprint density at radius 2 is 2.27 bits per heavy atom. The molecule has 0 radical (unpaired) electrons. The first-order valence-electron chi connectivity index (χ1n) is 7.62. The molecule has 0 aliphatic carbocycles. The molecule has 118 valence electrons. The van der Waals surface area contributed by atoms with Crippen molar-refractivity contribution in [1.82, 2.24) is 5.32 Å². The summed E-state index contributed by atoms with van der Waals surface area (Å²) in [4.78, 5) is 24.5. The van der Waals surface area contributed by atoms with Gasteiger partial charge in [-0.15, -0.1) is 0 Å². The molecular formula is C16H20N2O4. The first kappa shape index (κ1) is 14.7. The summed E-state index contributed by atoms with van der Waals surface area (Å²) in [5, 5.41) is 2.67. The van der Waals surface area contributed by atoms with Crippen molar-refractivity contribution in [2.24, 2.45) is 0 Å². The maximum absolute atomic E-state index is 12.0. The molecule has 1 atom stereocenters. The normalized spacial score (nSPS) is 20.7. The highest BCUT2D eigenvalue weighted by Gasteiger charge is 2.32. The molecular weight excluding hydrogens is 284 g/mol. The van der Waals surface area contributed by atoms with Gasteiger partial charge < -0.3 is 14.8 Å². The summed E-state index contributed by atoms with van der Waals surface area (Å²) >= 11 is 0. The van der Waals surface area contributed by atoms with Gasteiger partial charge in [-0.05, 0) is 30.9 Å². The van der Waals surface area contributed by atoms with E-state index in [1.54, 1.807) is 4.90 Å². The van der Waals surface area contributed by atoms with Crippen LogP contribution in [0, 0.1) is 0 Å². The molecule has 3 rings (SSSR count). The van der Waals surface area contributed by atoms with Crippen molar-refractivity contribution in [2.75, 3.05) is 24.6 Å². The van der Waals surface area contributed by atoms with Crippen LogP contribution in [0.15, 0.2) is 18.2 Å². The summed E-state index contributed by atoms with van der Waals surface area (Å²) in [7, 11) is 0. The molecule has 6 nitrogen and oxygen atoms in total. The third-order valence-electron chi connectivity index (χ3n) is 3.91. The molecule has 2 heterocycles. The zero-order chi connectivity index (χ0) is 15.5. The van der Waals surface area contributed by atoms with Crippen molar-refractivity contribution in [1.29, 1.82) is 0 Å². The molecule has 1 saturated heterocycles. The van der Waals surface area contributed by atoms with Crippen LogP contribution in [0.3, 0.4) is 0 Å². The molecule has 1 N–H and O–H groups in total. The van der Waals surface area contributed by atoms with Crippen molar-refractivity contribution < 1.29 is 19.1 Å².